The highest BCUT2D eigenvalue weighted by molar-refractivity contribution is 14.0. The van der Waals surface area contributed by atoms with E-state index in [1.165, 1.54) is 61.2 Å². The summed E-state index contributed by atoms with van der Waals surface area (Å²) in [5.41, 5.74) is 6.40. The number of hydrogen-bond donors (Lipinski definition) is 2. The summed E-state index contributed by atoms with van der Waals surface area (Å²) in [4.78, 5) is 7.55. The van der Waals surface area contributed by atoms with Gasteiger partial charge in [-0.2, -0.15) is 5.10 Å². The number of aliphatic imine (C=N–C) groups is 1. The minimum Gasteiger partial charge on any atom is -0.357 e. The van der Waals surface area contributed by atoms with Gasteiger partial charge in [-0.05, 0) is 76.7 Å². The Labute approximate surface area is 217 Å². The van der Waals surface area contributed by atoms with Crippen molar-refractivity contribution in [2.75, 3.05) is 19.6 Å². The molecule has 1 unspecified atom stereocenters. The minimum absolute atomic E-state index is 0. The number of aromatic nitrogens is 2. The lowest BCUT2D eigenvalue weighted by Crippen LogP contribution is -2.43. The Morgan fingerprint density at radius 3 is 2.36 bits per heavy atom. The molecule has 33 heavy (non-hydrogen) atoms. The molecule has 0 spiro atoms. The molecule has 7 heteroatoms. The minimum atomic E-state index is 0. The summed E-state index contributed by atoms with van der Waals surface area (Å²) in [6, 6.07) is 9.05. The second-order valence-corrected chi connectivity index (χ2v) is 9.18. The van der Waals surface area contributed by atoms with E-state index in [0.717, 1.165) is 31.2 Å². The van der Waals surface area contributed by atoms with Gasteiger partial charge in [-0.1, -0.05) is 37.1 Å². The first kappa shape index (κ1) is 27.6. The summed E-state index contributed by atoms with van der Waals surface area (Å²) in [6.07, 6.45) is 6.32. The Kier molecular flexibility index (Phi) is 11.7. The quantitative estimate of drug-likeness (QED) is 0.276. The van der Waals surface area contributed by atoms with Crippen LogP contribution in [0.2, 0.25) is 0 Å². The van der Waals surface area contributed by atoms with E-state index in [0.29, 0.717) is 6.54 Å². The first-order chi connectivity index (χ1) is 15.5. The zero-order chi connectivity index (χ0) is 22.9. The van der Waals surface area contributed by atoms with Crippen molar-refractivity contribution >= 4 is 29.9 Å². The van der Waals surface area contributed by atoms with Crippen molar-refractivity contribution < 1.29 is 0 Å². The third-order valence-electron chi connectivity index (χ3n) is 6.52. The van der Waals surface area contributed by atoms with Crippen molar-refractivity contribution in [2.24, 2.45) is 12.0 Å². The number of benzene rings is 1. The summed E-state index contributed by atoms with van der Waals surface area (Å²) < 4.78 is 1.97. The fourth-order valence-corrected chi connectivity index (χ4v) is 4.59. The van der Waals surface area contributed by atoms with Crippen LogP contribution in [0.3, 0.4) is 0 Å². The van der Waals surface area contributed by atoms with Crippen molar-refractivity contribution in [3.05, 3.63) is 52.3 Å². The molecule has 1 saturated heterocycles. The molecule has 3 rings (SSSR count). The van der Waals surface area contributed by atoms with Gasteiger partial charge in [0.25, 0.3) is 0 Å². The van der Waals surface area contributed by atoms with Crippen LogP contribution in [0.5, 0.6) is 0 Å². The van der Waals surface area contributed by atoms with Crippen LogP contribution in [0.4, 0.5) is 0 Å². The number of nitrogens with one attached hydrogen (secondary N) is 2. The second-order valence-electron chi connectivity index (χ2n) is 9.18. The highest BCUT2D eigenvalue weighted by Gasteiger charge is 2.15. The molecule has 1 fully saturated rings. The van der Waals surface area contributed by atoms with Gasteiger partial charge in [0.2, 0.25) is 0 Å². The molecule has 1 atom stereocenters. The normalized spacial score (nSPS) is 16.1. The number of guanidine groups is 1. The lowest BCUT2D eigenvalue weighted by Gasteiger charge is -2.21. The third kappa shape index (κ3) is 8.28. The molecule has 1 aliphatic rings. The molecule has 0 saturated carbocycles. The smallest absolute Gasteiger partial charge is 0.191 e. The summed E-state index contributed by atoms with van der Waals surface area (Å²) in [7, 11) is 2.01. The maximum atomic E-state index is 4.94. The van der Waals surface area contributed by atoms with Gasteiger partial charge in [-0.15, -0.1) is 24.0 Å². The summed E-state index contributed by atoms with van der Waals surface area (Å²) in [5, 5.41) is 11.6. The summed E-state index contributed by atoms with van der Waals surface area (Å²) in [6.45, 7) is 13.6. The van der Waals surface area contributed by atoms with Crippen LogP contribution in [-0.4, -0.2) is 46.3 Å². The van der Waals surface area contributed by atoms with Crippen LogP contribution >= 0.6 is 24.0 Å². The lowest BCUT2D eigenvalue weighted by molar-refractivity contribution is 0.276. The average Bonchev–Trinajstić information content (AvgIpc) is 2.95. The van der Waals surface area contributed by atoms with Gasteiger partial charge in [0.1, 0.15) is 0 Å². The van der Waals surface area contributed by atoms with E-state index < -0.39 is 0 Å². The topological polar surface area (TPSA) is 57.5 Å². The number of halogens is 1. The number of nitrogens with zero attached hydrogens (tertiary/aromatic N) is 4. The Morgan fingerprint density at radius 1 is 1.09 bits per heavy atom. The van der Waals surface area contributed by atoms with Crippen LogP contribution in [0.15, 0.2) is 29.3 Å². The number of rotatable bonds is 8. The molecule has 2 heterocycles. The zero-order valence-electron chi connectivity index (χ0n) is 21.2. The van der Waals surface area contributed by atoms with E-state index in [1.807, 2.05) is 11.7 Å². The van der Waals surface area contributed by atoms with Crippen molar-refractivity contribution in [2.45, 2.75) is 78.9 Å². The van der Waals surface area contributed by atoms with Gasteiger partial charge in [0.15, 0.2) is 5.96 Å². The third-order valence-corrected chi connectivity index (χ3v) is 6.52. The maximum absolute atomic E-state index is 4.94. The van der Waals surface area contributed by atoms with Gasteiger partial charge < -0.3 is 10.6 Å². The molecule has 0 aliphatic carbocycles. The molecule has 184 valence electrons. The molecule has 2 aromatic rings. The molecule has 0 bridgehead atoms. The highest BCUT2D eigenvalue weighted by atomic mass is 127. The molecule has 1 aromatic carbocycles. The van der Waals surface area contributed by atoms with E-state index in [2.05, 4.69) is 72.6 Å². The fraction of sp³-hybridized carbons (Fsp3) is 0.615. The van der Waals surface area contributed by atoms with E-state index in [1.54, 1.807) is 0 Å². The monoisotopic (exact) mass is 566 g/mol. The van der Waals surface area contributed by atoms with Crippen molar-refractivity contribution in [1.82, 2.24) is 25.3 Å². The SMILES string of the molecule is CCNC(=NCc1ccccc1CN1CCCCCC1)NC(C)Cc1c(C)nn(C)c1C.I. The van der Waals surface area contributed by atoms with Gasteiger partial charge in [-0.3, -0.25) is 9.58 Å². The number of likely N-dealkylation sites (tertiary alicyclic amines) is 1. The van der Waals surface area contributed by atoms with Gasteiger partial charge in [-0.25, -0.2) is 4.99 Å². The highest BCUT2D eigenvalue weighted by Crippen LogP contribution is 2.17. The fourth-order valence-electron chi connectivity index (χ4n) is 4.59. The van der Waals surface area contributed by atoms with E-state index in [9.17, 15) is 0 Å². The van der Waals surface area contributed by atoms with Crippen molar-refractivity contribution in [3.63, 3.8) is 0 Å². The maximum Gasteiger partial charge on any atom is 0.191 e. The Hall–Kier alpha value is -1.61. The van der Waals surface area contributed by atoms with Gasteiger partial charge in [0.05, 0.1) is 12.2 Å². The van der Waals surface area contributed by atoms with Crippen molar-refractivity contribution in [1.29, 1.82) is 0 Å². The average molecular weight is 567 g/mol. The number of aryl methyl sites for hydroxylation is 2. The van der Waals surface area contributed by atoms with E-state index >= 15 is 0 Å². The molecule has 0 amide bonds. The van der Waals surface area contributed by atoms with E-state index in [-0.39, 0.29) is 30.0 Å². The zero-order valence-corrected chi connectivity index (χ0v) is 23.5. The predicted molar refractivity (Wildman–Crippen MR) is 149 cm³/mol. The number of hydrogen-bond acceptors (Lipinski definition) is 3. The Morgan fingerprint density at radius 2 is 1.76 bits per heavy atom. The summed E-state index contributed by atoms with van der Waals surface area (Å²) in [5.74, 6) is 0.878. The standard InChI is InChI=1S/C26H42N6.HI/c1-6-27-26(29-20(2)17-25-21(3)30-31(5)22(25)4)28-18-23-13-9-10-14-24(23)19-32-15-11-7-8-12-16-32;/h9-10,13-14,20H,6-8,11-12,15-19H2,1-5H3,(H2,27,28,29);1H. The largest absolute Gasteiger partial charge is 0.357 e. The summed E-state index contributed by atoms with van der Waals surface area (Å²) >= 11 is 0. The second kappa shape index (κ2) is 13.9. The molecule has 2 N–H and O–H groups in total. The molecular weight excluding hydrogens is 523 g/mol. The predicted octanol–water partition coefficient (Wildman–Crippen LogP) is 4.72. The van der Waals surface area contributed by atoms with Crippen molar-refractivity contribution in [3.8, 4) is 0 Å². The lowest BCUT2D eigenvalue weighted by atomic mass is 10.1. The Bertz CT molecular complexity index is 883. The Balaban J connectivity index is 0.00000385. The van der Waals surface area contributed by atoms with Crippen LogP contribution in [0.25, 0.3) is 0 Å². The molecule has 1 aliphatic heterocycles. The van der Waals surface area contributed by atoms with Gasteiger partial charge >= 0.3 is 0 Å². The molecule has 1 aromatic heterocycles. The van der Waals surface area contributed by atoms with E-state index in [4.69, 9.17) is 4.99 Å². The molecular formula is C26H43IN6. The molecule has 0 radical (unpaired) electrons. The molecule has 6 nitrogen and oxygen atoms in total. The van der Waals surface area contributed by atoms with Crippen LogP contribution in [0.1, 0.15) is 67.6 Å². The van der Waals surface area contributed by atoms with Crippen LogP contribution in [0, 0.1) is 13.8 Å². The van der Waals surface area contributed by atoms with Gasteiger partial charge in [0, 0.05) is 31.9 Å². The van der Waals surface area contributed by atoms with Crippen LogP contribution in [-0.2, 0) is 26.6 Å². The first-order valence-corrected chi connectivity index (χ1v) is 12.3. The van der Waals surface area contributed by atoms with Crippen LogP contribution < -0.4 is 10.6 Å². The first-order valence-electron chi connectivity index (χ1n) is 12.3.